The molecule has 0 fully saturated rings. The Morgan fingerprint density at radius 3 is 2.14 bits per heavy atom. The molecule has 0 heterocycles. The summed E-state index contributed by atoms with van der Waals surface area (Å²) >= 11 is 2.54. The molecular formula is C7H2BrF5O. The highest BCUT2D eigenvalue weighted by Crippen LogP contribution is 2.28. The molecule has 14 heavy (non-hydrogen) atoms. The van der Waals surface area contributed by atoms with E-state index >= 15 is 0 Å². The van der Waals surface area contributed by atoms with Crippen molar-refractivity contribution in [1.29, 1.82) is 0 Å². The minimum absolute atomic E-state index is 0.313. The molecule has 0 aliphatic carbocycles. The summed E-state index contributed by atoms with van der Waals surface area (Å²) < 4.78 is 63.1. The second-order valence-electron chi connectivity index (χ2n) is 2.25. The number of hydrogen-bond acceptors (Lipinski definition) is 1. The first-order valence-electron chi connectivity index (χ1n) is 3.20. The Morgan fingerprint density at radius 2 is 1.71 bits per heavy atom. The zero-order valence-electron chi connectivity index (χ0n) is 6.33. The summed E-state index contributed by atoms with van der Waals surface area (Å²) in [5.41, 5.74) is 0. The van der Waals surface area contributed by atoms with Gasteiger partial charge in [0.2, 0.25) is 0 Å². The van der Waals surface area contributed by atoms with Crippen LogP contribution < -0.4 is 4.74 Å². The fraction of sp³-hybridized carbons (Fsp3) is 0.143. The summed E-state index contributed by atoms with van der Waals surface area (Å²) in [5.74, 6) is -3.50. The van der Waals surface area contributed by atoms with Crippen LogP contribution in [0.25, 0.3) is 0 Å². The highest BCUT2D eigenvalue weighted by molar-refractivity contribution is 9.10. The van der Waals surface area contributed by atoms with Gasteiger partial charge in [0.25, 0.3) is 0 Å². The molecule has 0 aliphatic rings. The van der Waals surface area contributed by atoms with E-state index in [1.807, 2.05) is 0 Å². The van der Waals surface area contributed by atoms with Gasteiger partial charge in [0.05, 0.1) is 4.47 Å². The van der Waals surface area contributed by atoms with Crippen LogP contribution in [0.1, 0.15) is 0 Å². The average Bonchev–Trinajstić information content (AvgIpc) is 1.96. The lowest BCUT2D eigenvalue weighted by atomic mass is 10.3. The SMILES string of the molecule is Fc1cc(OC(F)(F)F)cc(Br)c1F. The molecule has 1 nitrogen and oxygen atoms in total. The summed E-state index contributed by atoms with van der Waals surface area (Å²) in [6.07, 6.45) is -4.93. The highest BCUT2D eigenvalue weighted by atomic mass is 79.9. The minimum Gasteiger partial charge on any atom is -0.406 e. The molecule has 0 saturated heterocycles. The maximum Gasteiger partial charge on any atom is 0.573 e. The number of rotatable bonds is 1. The van der Waals surface area contributed by atoms with E-state index < -0.39 is 28.2 Å². The highest BCUT2D eigenvalue weighted by Gasteiger charge is 2.31. The molecule has 0 bridgehead atoms. The van der Waals surface area contributed by atoms with Gasteiger partial charge < -0.3 is 4.74 Å². The standard InChI is InChI=1S/C7H2BrF5O/c8-4-1-3(14-7(11,12)13)2-5(9)6(4)10/h1-2H. The van der Waals surface area contributed by atoms with Crippen molar-refractivity contribution < 1.29 is 26.7 Å². The third kappa shape index (κ3) is 2.83. The van der Waals surface area contributed by atoms with E-state index in [4.69, 9.17) is 0 Å². The lowest BCUT2D eigenvalue weighted by Crippen LogP contribution is -2.17. The third-order valence-corrected chi connectivity index (χ3v) is 1.77. The normalized spacial score (nSPS) is 11.6. The molecule has 0 amide bonds. The van der Waals surface area contributed by atoms with Crippen molar-refractivity contribution >= 4 is 15.9 Å². The quantitative estimate of drug-likeness (QED) is 0.562. The van der Waals surface area contributed by atoms with Gasteiger partial charge in [-0.25, -0.2) is 8.78 Å². The summed E-state index contributed by atoms with van der Waals surface area (Å²) in [7, 11) is 0. The van der Waals surface area contributed by atoms with Crippen LogP contribution in [0.2, 0.25) is 0 Å². The third-order valence-electron chi connectivity index (χ3n) is 1.19. The second-order valence-corrected chi connectivity index (χ2v) is 3.10. The Hall–Kier alpha value is -0.850. The number of halogens is 6. The van der Waals surface area contributed by atoms with Crippen molar-refractivity contribution in [3.8, 4) is 5.75 Å². The first-order valence-corrected chi connectivity index (χ1v) is 3.99. The van der Waals surface area contributed by atoms with Crippen molar-refractivity contribution in [3.63, 3.8) is 0 Å². The molecule has 0 aliphatic heterocycles. The summed E-state index contributed by atoms with van der Waals surface area (Å²) in [6, 6.07) is 0.999. The van der Waals surface area contributed by atoms with E-state index in [2.05, 4.69) is 20.7 Å². The molecular weight excluding hydrogens is 275 g/mol. The molecule has 1 aromatic carbocycles. The largest absolute Gasteiger partial charge is 0.573 e. The van der Waals surface area contributed by atoms with E-state index in [0.717, 1.165) is 0 Å². The van der Waals surface area contributed by atoms with Crippen molar-refractivity contribution in [2.45, 2.75) is 6.36 Å². The average molecular weight is 277 g/mol. The van der Waals surface area contributed by atoms with Gasteiger partial charge in [0.1, 0.15) is 5.75 Å². The maximum absolute atomic E-state index is 12.6. The van der Waals surface area contributed by atoms with Crippen LogP contribution in [0.5, 0.6) is 5.75 Å². The molecule has 0 N–H and O–H groups in total. The summed E-state index contributed by atoms with van der Waals surface area (Å²) in [4.78, 5) is 0. The second kappa shape index (κ2) is 3.72. The smallest absolute Gasteiger partial charge is 0.406 e. The molecule has 78 valence electrons. The van der Waals surface area contributed by atoms with E-state index in [0.29, 0.717) is 12.1 Å². The van der Waals surface area contributed by atoms with Crippen molar-refractivity contribution in [1.82, 2.24) is 0 Å². The Morgan fingerprint density at radius 1 is 1.14 bits per heavy atom. The van der Waals surface area contributed by atoms with Gasteiger partial charge >= 0.3 is 6.36 Å². The minimum atomic E-state index is -4.93. The Kier molecular flexibility index (Phi) is 2.98. The van der Waals surface area contributed by atoms with E-state index in [-0.39, 0.29) is 0 Å². The predicted molar refractivity (Wildman–Crippen MR) is 40.7 cm³/mol. The maximum atomic E-state index is 12.6. The van der Waals surface area contributed by atoms with Crippen LogP contribution >= 0.6 is 15.9 Å². The molecule has 0 atom stereocenters. The van der Waals surface area contributed by atoms with E-state index in [9.17, 15) is 22.0 Å². The van der Waals surface area contributed by atoms with Crippen LogP contribution in [0.4, 0.5) is 22.0 Å². The number of ether oxygens (including phenoxy) is 1. The number of alkyl halides is 3. The van der Waals surface area contributed by atoms with Crippen LogP contribution in [0.3, 0.4) is 0 Å². The molecule has 0 radical (unpaired) electrons. The van der Waals surface area contributed by atoms with Crippen LogP contribution in [0.15, 0.2) is 16.6 Å². The Labute approximate surface area is 83.6 Å². The van der Waals surface area contributed by atoms with E-state index in [1.54, 1.807) is 0 Å². The van der Waals surface area contributed by atoms with Crippen LogP contribution in [0, 0.1) is 11.6 Å². The van der Waals surface area contributed by atoms with Gasteiger partial charge in [-0.2, -0.15) is 0 Å². The Balaban J connectivity index is 3.02. The van der Waals surface area contributed by atoms with Crippen molar-refractivity contribution in [2.75, 3.05) is 0 Å². The topological polar surface area (TPSA) is 9.23 Å². The van der Waals surface area contributed by atoms with Crippen LogP contribution in [-0.4, -0.2) is 6.36 Å². The number of benzene rings is 1. The van der Waals surface area contributed by atoms with Gasteiger partial charge in [-0.15, -0.1) is 13.2 Å². The van der Waals surface area contributed by atoms with Gasteiger partial charge in [-0.05, 0) is 22.0 Å². The first-order chi connectivity index (χ1) is 6.29. The van der Waals surface area contributed by atoms with Crippen molar-refractivity contribution in [3.05, 3.63) is 28.2 Å². The number of hydrogen-bond donors (Lipinski definition) is 0. The predicted octanol–water partition coefficient (Wildman–Crippen LogP) is 3.63. The fourth-order valence-corrected chi connectivity index (χ4v) is 1.14. The van der Waals surface area contributed by atoms with Gasteiger partial charge in [-0.3, -0.25) is 0 Å². The van der Waals surface area contributed by atoms with Gasteiger partial charge in [0.15, 0.2) is 11.6 Å². The van der Waals surface area contributed by atoms with Gasteiger partial charge in [-0.1, -0.05) is 0 Å². The van der Waals surface area contributed by atoms with Crippen molar-refractivity contribution in [2.24, 2.45) is 0 Å². The zero-order chi connectivity index (χ0) is 10.9. The Bertz CT molecular complexity index is 325. The molecule has 0 aromatic heterocycles. The van der Waals surface area contributed by atoms with Crippen LogP contribution in [-0.2, 0) is 0 Å². The molecule has 0 spiro atoms. The molecule has 1 rings (SSSR count). The first kappa shape index (κ1) is 11.2. The molecule has 1 aromatic rings. The molecule has 7 heteroatoms. The molecule has 0 saturated carbocycles. The summed E-state index contributed by atoms with van der Waals surface area (Å²) in [6.45, 7) is 0. The monoisotopic (exact) mass is 276 g/mol. The fourth-order valence-electron chi connectivity index (χ4n) is 0.725. The lowest BCUT2D eigenvalue weighted by molar-refractivity contribution is -0.274. The zero-order valence-corrected chi connectivity index (χ0v) is 7.92. The molecule has 0 unspecified atom stereocenters. The van der Waals surface area contributed by atoms with Gasteiger partial charge in [0, 0.05) is 6.07 Å². The summed E-state index contributed by atoms with van der Waals surface area (Å²) in [5, 5.41) is 0. The lowest BCUT2D eigenvalue weighted by Gasteiger charge is -2.09. The van der Waals surface area contributed by atoms with E-state index in [1.165, 1.54) is 0 Å².